The topological polar surface area (TPSA) is 138 Å². The number of ether oxygens (including phenoxy) is 1. The number of aliphatic carboxylic acids is 1. The van der Waals surface area contributed by atoms with Crippen LogP contribution in [0.5, 0.6) is 0 Å². The molecular formula is C35H37N3O7. The molecular weight excluding hydrogens is 574 g/mol. The molecule has 5 rings (SSSR count). The zero-order valence-electron chi connectivity index (χ0n) is 25.4. The van der Waals surface area contributed by atoms with Crippen LogP contribution in [0.1, 0.15) is 60.5 Å². The van der Waals surface area contributed by atoms with Crippen LogP contribution >= 0.6 is 0 Å². The highest BCUT2D eigenvalue weighted by Crippen LogP contribution is 2.44. The van der Waals surface area contributed by atoms with Crippen molar-refractivity contribution in [3.63, 3.8) is 0 Å². The van der Waals surface area contributed by atoms with E-state index in [1.165, 1.54) is 6.07 Å². The Hall–Kier alpha value is -5.12. The minimum atomic E-state index is -1.18. The Morgan fingerprint density at radius 2 is 1.60 bits per heavy atom. The number of hydrogen-bond acceptors (Lipinski definition) is 7. The third-order valence-corrected chi connectivity index (χ3v) is 8.23. The molecule has 1 aliphatic rings. The maximum atomic E-state index is 12.7. The number of carbonyl (C=O) groups is 3. The smallest absolute Gasteiger partial charge is 0.407 e. The summed E-state index contributed by atoms with van der Waals surface area (Å²) in [6.07, 6.45) is 0.183. The maximum absolute atomic E-state index is 12.7. The van der Waals surface area contributed by atoms with E-state index in [0.717, 1.165) is 41.0 Å². The standard InChI is InChI=1S/C35H37N3O7/c1-3-38(4-2)23-17-16-22-19-28(34(42)45-31(22)20-23)32(39)36-18-10-9-15-30(33(40)41)37-35(43)44-21-29-26-13-7-5-11-24(26)25-12-6-8-14-27(25)29/h5-8,11-14,16-17,19-20,29-30H,3-4,9-10,15,18,21H2,1-2H3,(H,36,39)(H,37,43)(H,40,41)/t30-/m0/s1. The van der Waals surface area contributed by atoms with Crippen LogP contribution < -0.4 is 21.2 Å². The maximum Gasteiger partial charge on any atom is 0.407 e. The molecule has 0 radical (unpaired) electrons. The van der Waals surface area contributed by atoms with Gasteiger partial charge in [0.1, 0.15) is 23.8 Å². The van der Waals surface area contributed by atoms with Crippen molar-refractivity contribution in [2.24, 2.45) is 0 Å². The number of nitrogens with one attached hydrogen (secondary N) is 2. The molecule has 234 valence electrons. The molecule has 10 nitrogen and oxygen atoms in total. The van der Waals surface area contributed by atoms with Gasteiger partial charge in [0, 0.05) is 42.7 Å². The average molecular weight is 612 g/mol. The Morgan fingerprint density at radius 1 is 0.933 bits per heavy atom. The normalized spacial score (nSPS) is 12.7. The SMILES string of the molecule is CCN(CC)c1ccc2cc(C(=O)NCCCC[C@H](NC(=O)OCC3c4ccccc4-c4ccccc43)C(=O)O)c(=O)oc2c1. The molecule has 45 heavy (non-hydrogen) atoms. The van der Waals surface area contributed by atoms with Gasteiger partial charge >= 0.3 is 17.7 Å². The highest BCUT2D eigenvalue weighted by Gasteiger charge is 2.29. The third-order valence-electron chi connectivity index (χ3n) is 8.23. The molecule has 0 fully saturated rings. The van der Waals surface area contributed by atoms with Gasteiger partial charge in [0.15, 0.2) is 0 Å². The van der Waals surface area contributed by atoms with Crippen molar-refractivity contribution in [3.05, 3.63) is 99.9 Å². The lowest BCUT2D eigenvalue weighted by Crippen LogP contribution is -2.41. The van der Waals surface area contributed by atoms with E-state index in [4.69, 9.17) is 9.15 Å². The van der Waals surface area contributed by atoms with Gasteiger partial charge in [0.2, 0.25) is 0 Å². The largest absolute Gasteiger partial charge is 0.480 e. The number of nitrogens with zero attached hydrogens (tertiary/aromatic N) is 1. The fourth-order valence-electron chi connectivity index (χ4n) is 5.85. The Morgan fingerprint density at radius 3 is 2.24 bits per heavy atom. The molecule has 0 saturated heterocycles. The first-order valence-corrected chi connectivity index (χ1v) is 15.3. The summed E-state index contributed by atoms with van der Waals surface area (Å²) in [6.45, 7) is 6.00. The summed E-state index contributed by atoms with van der Waals surface area (Å²) in [5.41, 5.74) is 4.84. The molecule has 0 aliphatic heterocycles. The van der Waals surface area contributed by atoms with Gasteiger partial charge in [0.05, 0.1) is 0 Å². The molecule has 2 amide bonds. The molecule has 0 bridgehead atoms. The fourth-order valence-corrected chi connectivity index (χ4v) is 5.85. The number of fused-ring (bicyclic) bond motifs is 4. The second-order valence-electron chi connectivity index (χ2n) is 11.0. The van der Waals surface area contributed by atoms with Crippen LogP contribution in [-0.4, -0.2) is 55.4 Å². The van der Waals surface area contributed by atoms with Crippen LogP contribution in [0.3, 0.4) is 0 Å². The lowest BCUT2D eigenvalue weighted by atomic mass is 9.98. The first kappa shape index (κ1) is 31.3. The van der Waals surface area contributed by atoms with Crippen molar-refractivity contribution in [2.75, 3.05) is 31.1 Å². The van der Waals surface area contributed by atoms with E-state index in [2.05, 4.69) is 15.5 Å². The number of rotatable bonds is 13. The molecule has 3 aromatic carbocycles. The van der Waals surface area contributed by atoms with E-state index in [-0.39, 0.29) is 31.1 Å². The van der Waals surface area contributed by atoms with Crippen LogP contribution in [-0.2, 0) is 9.53 Å². The van der Waals surface area contributed by atoms with Crippen molar-refractivity contribution < 1.29 is 28.6 Å². The van der Waals surface area contributed by atoms with Gasteiger partial charge in [-0.3, -0.25) is 4.79 Å². The van der Waals surface area contributed by atoms with Crippen molar-refractivity contribution >= 4 is 34.6 Å². The summed E-state index contributed by atoms with van der Waals surface area (Å²) in [4.78, 5) is 51.8. The summed E-state index contributed by atoms with van der Waals surface area (Å²) >= 11 is 0. The van der Waals surface area contributed by atoms with Crippen molar-refractivity contribution in [1.82, 2.24) is 10.6 Å². The number of carboxylic acid groups (broad SMARTS) is 1. The van der Waals surface area contributed by atoms with E-state index in [1.807, 2.05) is 74.5 Å². The van der Waals surface area contributed by atoms with Gasteiger partial charge < -0.3 is 29.8 Å². The molecule has 0 saturated carbocycles. The van der Waals surface area contributed by atoms with Gasteiger partial charge in [0.25, 0.3) is 5.91 Å². The quantitative estimate of drug-likeness (QED) is 0.133. The lowest BCUT2D eigenvalue weighted by Gasteiger charge is -2.21. The Kier molecular flexibility index (Phi) is 9.82. The monoisotopic (exact) mass is 611 g/mol. The van der Waals surface area contributed by atoms with Crippen LogP contribution in [0.15, 0.2) is 82.0 Å². The Labute approximate surface area is 261 Å². The van der Waals surface area contributed by atoms with Crippen LogP contribution in [0, 0.1) is 0 Å². The molecule has 3 N–H and O–H groups in total. The number of benzene rings is 3. The summed E-state index contributed by atoms with van der Waals surface area (Å²) in [5, 5.41) is 15.4. The number of carbonyl (C=O) groups excluding carboxylic acids is 2. The summed E-state index contributed by atoms with van der Waals surface area (Å²) in [5.74, 6) is -1.87. The minimum Gasteiger partial charge on any atom is -0.480 e. The van der Waals surface area contributed by atoms with Gasteiger partial charge in [-0.1, -0.05) is 48.5 Å². The van der Waals surface area contributed by atoms with Gasteiger partial charge in [-0.15, -0.1) is 0 Å². The zero-order chi connectivity index (χ0) is 31.9. The van der Waals surface area contributed by atoms with Crippen molar-refractivity contribution in [2.45, 2.75) is 45.1 Å². The van der Waals surface area contributed by atoms with E-state index in [1.54, 1.807) is 6.07 Å². The predicted octanol–water partition coefficient (Wildman–Crippen LogP) is 5.53. The lowest BCUT2D eigenvalue weighted by molar-refractivity contribution is -0.139. The zero-order valence-corrected chi connectivity index (χ0v) is 25.4. The second-order valence-corrected chi connectivity index (χ2v) is 11.0. The molecule has 10 heteroatoms. The molecule has 4 aromatic rings. The fraction of sp³-hybridized carbons (Fsp3) is 0.314. The Balaban J connectivity index is 1.09. The molecule has 0 unspecified atom stereocenters. The van der Waals surface area contributed by atoms with Crippen LogP contribution in [0.25, 0.3) is 22.1 Å². The Bertz CT molecular complexity index is 1720. The third kappa shape index (κ3) is 7.01. The number of alkyl carbamates (subject to hydrolysis) is 1. The van der Waals surface area contributed by atoms with E-state index < -0.39 is 29.6 Å². The van der Waals surface area contributed by atoms with Crippen molar-refractivity contribution in [3.8, 4) is 11.1 Å². The predicted molar refractivity (Wildman–Crippen MR) is 172 cm³/mol. The molecule has 1 atom stereocenters. The van der Waals surface area contributed by atoms with Crippen LogP contribution in [0.2, 0.25) is 0 Å². The van der Waals surface area contributed by atoms with Gasteiger partial charge in [-0.2, -0.15) is 0 Å². The number of carboxylic acids is 1. The molecule has 1 heterocycles. The molecule has 0 spiro atoms. The van der Waals surface area contributed by atoms with Gasteiger partial charge in [-0.25, -0.2) is 14.4 Å². The average Bonchev–Trinajstić information content (AvgIpc) is 3.36. The minimum absolute atomic E-state index is 0.0814. The van der Waals surface area contributed by atoms with E-state index >= 15 is 0 Å². The summed E-state index contributed by atoms with van der Waals surface area (Å²) in [7, 11) is 0. The van der Waals surface area contributed by atoms with E-state index in [9.17, 15) is 24.3 Å². The highest BCUT2D eigenvalue weighted by molar-refractivity contribution is 5.97. The van der Waals surface area contributed by atoms with Crippen LogP contribution in [0.4, 0.5) is 10.5 Å². The van der Waals surface area contributed by atoms with Gasteiger partial charge in [-0.05, 0) is 73.6 Å². The summed E-state index contributed by atoms with van der Waals surface area (Å²) < 4.78 is 10.9. The first-order chi connectivity index (χ1) is 21.8. The highest BCUT2D eigenvalue weighted by atomic mass is 16.5. The number of anilines is 1. The number of hydrogen-bond donors (Lipinski definition) is 3. The van der Waals surface area contributed by atoms with Crippen molar-refractivity contribution in [1.29, 1.82) is 0 Å². The number of amides is 2. The second kappa shape index (κ2) is 14.1. The van der Waals surface area contributed by atoms with E-state index in [0.29, 0.717) is 23.8 Å². The summed E-state index contributed by atoms with van der Waals surface area (Å²) in [6, 6.07) is 21.8. The first-order valence-electron chi connectivity index (χ1n) is 15.3. The molecule has 1 aromatic heterocycles. The molecule has 1 aliphatic carbocycles. The number of unbranched alkanes of at least 4 members (excludes halogenated alkanes) is 1.